The fourth-order valence-electron chi connectivity index (χ4n) is 3.08. The molecule has 1 amide bonds. The maximum absolute atomic E-state index is 12.6. The smallest absolute Gasteiger partial charge is 0.349 e. The standard InChI is InChI=1S/C18H21N3O6S/c1-10-14-16(20-11-5-4-8-21(11)17(14)24)28-15(10)18(25)27-9-12(22)19-7-3-6-13(23)26-2/h3-9H2,1-2H3,(H,19,22). The van der Waals surface area contributed by atoms with Gasteiger partial charge in [0.05, 0.1) is 12.5 Å². The summed E-state index contributed by atoms with van der Waals surface area (Å²) in [4.78, 5) is 53.1. The van der Waals surface area contributed by atoms with Crippen LogP contribution in [0.1, 0.15) is 40.3 Å². The summed E-state index contributed by atoms with van der Waals surface area (Å²) in [6.07, 6.45) is 2.27. The van der Waals surface area contributed by atoms with Crippen LogP contribution in [0, 0.1) is 6.92 Å². The molecule has 0 aromatic carbocycles. The Labute approximate surface area is 164 Å². The number of nitrogens with zero attached hydrogens (tertiary/aromatic N) is 2. The van der Waals surface area contributed by atoms with Crippen LogP contribution in [0.3, 0.4) is 0 Å². The van der Waals surface area contributed by atoms with Gasteiger partial charge in [-0.1, -0.05) is 0 Å². The summed E-state index contributed by atoms with van der Waals surface area (Å²) in [5.41, 5.74) is 0.400. The van der Waals surface area contributed by atoms with E-state index in [-0.39, 0.29) is 29.4 Å². The first kappa shape index (κ1) is 20.0. The summed E-state index contributed by atoms with van der Waals surface area (Å²) in [5, 5.41) is 3.00. The van der Waals surface area contributed by atoms with Gasteiger partial charge in [0.1, 0.15) is 15.5 Å². The number of ether oxygens (including phenoxy) is 2. The van der Waals surface area contributed by atoms with Gasteiger partial charge in [-0.15, -0.1) is 11.3 Å². The van der Waals surface area contributed by atoms with Crippen molar-refractivity contribution in [3.05, 3.63) is 26.6 Å². The van der Waals surface area contributed by atoms with Gasteiger partial charge in [0.25, 0.3) is 11.5 Å². The first-order valence-corrected chi connectivity index (χ1v) is 9.77. The fraction of sp³-hybridized carbons (Fsp3) is 0.500. The van der Waals surface area contributed by atoms with Crippen LogP contribution in [0.25, 0.3) is 10.2 Å². The molecule has 0 radical (unpaired) electrons. The molecule has 0 unspecified atom stereocenters. The molecule has 2 aromatic heterocycles. The second kappa shape index (κ2) is 8.51. The second-order valence-corrected chi connectivity index (χ2v) is 7.43. The number of aryl methyl sites for hydroxylation is 2. The van der Waals surface area contributed by atoms with E-state index in [9.17, 15) is 19.2 Å². The van der Waals surface area contributed by atoms with E-state index < -0.39 is 18.5 Å². The predicted molar refractivity (Wildman–Crippen MR) is 101 cm³/mol. The lowest BCUT2D eigenvalue weighted by Crippen LogP contribution is -2.29. The molecule has 1 aliphatic heterocycles. The molecule has 150 valence electrons. The first-order chi connectivity index (χ1) is 13.4. The minimum absolute atomic E-state index is 0.131. The zero-order valence-electron chi connectivity index (χ0n) is 15.7. The van der Waals surface area contributed by atoms with Crippen molar-refractivity contribution in [3.8, 4) is 0 Å². The third-order valence-electron chi connectivity index (χ3n) is 4.54. The summed E-state index contributed by atoms with van der Waals surface area (Å²) in [6.45, 7) is 2.17. The summed E-state index contributed by atoms with van der Waals surface area (Å²) in [5.74, 6) is -0.731. The van der Waals surface area contributed by atoms with Gasteiger partial charge in [-0.05, 0) is 25.3 Å². The molecule has 9 nitrogen and oxygen atoms in total. The summed E-state index contributed by atoms with van der Waals surface area (Å²) >= 11 is 1.11. The van der Waals surface area contributed by atoms with E-state index in [1.54, 1.807) is 11.5 Å². The number of hydrogen-bond acceptors (Lipinski definition) is 8. The molecule has 0 saturated heterocycles. The minimum atomic E-state index is -0.658. The van der Waals surface area contributed by atoms with Crippen LogP contribution in [0.5, 0.6) is 0 Å². The van der Waals surface area contributed by atoms with E-state index in [1.165, 1.54) is 7.11 Å². The lowest BCUT2D eigenvalue weighted by Gasteiger charge is -2.06. The Bertz CT molecular complexity index is 993. The zero-order valence-corrected chi connectivity index (χ0v) is 16.5. The monoisotopic (exact) mass is 407 g/mol. The van der Waals surface area contributed by atoms with Crippen molar-refractivity contribution in [1.29, 1.82) is 0 Å². The molecule has 0 saturated carbocycles. The molecule has 28 heavy (non-hydrogen) atoms. The van der Waals surface area contributed by atoms with Crippen molar-refractivity contribution in [2.45, 2.75) is 39.2 Å². The number of aromatic nitrogens is 2. The number of hydrogen-bond donors (Lipinski definition) is 1. The molecule has 1 N–H and O–H groups in total. The third-order valence-corrected chi connectivity index (χ3v) is 5.70. The molecule has 0 aliphatic carbocycles. The Hall–Kier alpha value is -2.75. The molecule has 3 heterocycles. The quantitative estimate of drug-likeness (QED) is 0.536. The number of fused-ring (bicyclic) bond motifs is 2. The van der Waals surface area contributed by atoms with Crippen LogP contribution in [0.15, 0.2) is 4.79 Å². The number of methoxy groups -OCH3 is 1. The Morgan fingerprint density at radius 1 is 1.32 bits per heavy atom. The van der Waals surface area contributed by atoms with E-state index >= 15 is 0 Å². The predicted octanol–water partition coefficient (Wildman–Crippen LogP) is 0.939. The number of carbonyl (C=O) groups excluding carboxylic acids is 3. The van der Waals surface area contributed by atoms with Crippen molar-refractivity contribution in [2.24, 2.45) is 0 Å². The van der Waals surface area contributed by atoms with Crippen LogP contribution in [0.2, 0.25) is 0 Å². The van der Waals surface area contributed by atoms with E-state index in [2.05, 4.69) is 15.0 Å². The van der Waals surface area contributed by atoms with Gasteiger partial charge < -0.3 is 14.8 Å². The largest absolute Gasteiger partial charge is 0.469 e. The number of nitrogens with one attached hydrogen (secondary N) is 1. The van der Waals surface area contributed by atoms with Gasteiger partial charge in [0.2, 0.25) is 0 Å². The lowest BCUT2D eigenvalue weighted by molar-refractivity contribution is -0.140. The van der Waals surface area contributed by atoms with Crippen molar-refractivity contribution in [3.63, 3.8) is 0 Å². The molecule has 0 atom stereocenters. The molecule has 0 spiro atoms. The highest BCUT2D eigenvalue weighted by Gasteiger charge is 2.24. The van der Waals surface area contributed by atoms with Gasteiger partial charge in [-0.25, -0.2) is 9.78 Å². The number of amides is 1. The minimum Gasteiger partial charge on any atom is -0.469 e. The van der Waals surface area contributed by atoms with Crippen LogP contribution in [-0.4, -0.2) is 47.7 Å². The zero-order chi connectivity index (χ0) is 20.3. The molecule has 2 aromatic rings. The fourth-order valence-corrected chi connectivity index (χ4v) is 4.16. The Kier molecular flexibility index (Phi) is 6.08. The summed E-state index contributed by atoms with van der Waals surface area (Å²) in [7, 11) is 1.30. The van der Waals surface area contributed by atoms with Gasteiger partial charge in [-0.3, -0.25) is 19.0 Å². The normalized spacial score (nSPS) is 12.6. The Morgan fingerprint density at radius 3 is 2.86 bits per heavy atom. The summed E-state index contributed by atoms with van der Waals surface area (Å²) in [6, 6.07) is 0. The van der Waals surface area contributed by atoms with E-state index in [1.807, 2.05) is 0 Å². The molecule has 0 bridgehead atoms. The Balaban J connectivity index is 1.61. The molecule has 0 fully saturated rings. The van der Waals surface area contributed by atoms with E-state index in [0.29, 0.717) is 28.7 Å². The number of thiophene rings is 1. The second-order valence-electron chi connectivity index (χ2n) is 6.43. The van der Waals surface area contributed by atoms with Gasteiger partial charge in [0, 0.05) is 25.9 Å². The van der Waals surface area contributed by atoms with Crippen LogP contribution >= 0.6 is 11.3 Å². The highest BCUT2D eigenvalue weighted by molar-refractivity contribution is 7.20. The van der Waals surface area contributed by atoms with E-state index in [4.69, 9.17) is 4.74 Å². The molecular weight excluding hydrogens is 386 g/mol. The lowest BCUT2D eigenvalue weighted by atomic mass is 10.2. The average molecular weight is 407 g/mol. The number of rotatable bonds is 7. The topological polar surface area (TPSA) is 117 Å². The van der Waals surface area contributed by atoms with Crippen LogP contribution < -0.4 is 10.9 Å². The molecular formula is C18H21N3O6S. The molecule has 10 heteroatoms. The van der Waals surface area contributed by atoms with Gasteiger partial charge in [0.15, 0.2) is 6.61 Å². The molecule has 3 rings (SSSR count). The van der Waals surface area contributed by atoms with Crippen LogP contribution in [0.4, 0.5) is 0 Å². The van der Waals surface area contributed by atoms with Crippen molar-refractivity contribution >= 4 is 39.4 Å². The highest BCUT2D eigenvalue weighted by atomic mass is 32.1. The SMILES string of the molecule is COC(=O)CCCNC(=O)COC(=O)c1sc2nc3n(c(=O)c2c1C)CCC3. The number of carbonyl (C=O) groups is 3. The average Bonchev–Trinajstić information content (AvgIpc) is 3.28. The first-order valence-electron chi connectivity index (χ1n) is 8.95. The maximum atomic E-state index is 12.6. The van der Waals surface area contributed by atoms with E-state index in [0.717, 1.165) is 30.0 Å². The Morgan fingerprint density at radius 2 is 2.11 bits per heavy atom. The van der Waals surface area contributed by atoms with Crippen molar-refractivity contribution in [1.82, 2.24) is 14.9 Å². The number of esters is 2. The van der Waals surface area contributed by atoms with Crippen LogP contribution in [-0.2, 0) is 32.0 Å². The maximum Gasteiger partial charge on any atom is 0.349 e. The highest BCUT2D eigenvalue weighted by Crippen LogP contribution is 2.29. The van der Waals surface area contributed by atoms with Gasteiger partial charge >= 0.3 is 11.9 Å². The van der Waals surface area contributed by atoms with Crippen molar-refractivity contribution in [2.75, 3.05) is 20.3 Å². The third kappa shape index (κ3) is 4.06. The summed E-state index contributed by atoms with van der Waals surface area (Å²) < 4.78 is 11.2. The van der Waals surface area contributed by atoms with Gasteiger partial charge in [-0.2, -0.15) is 0 Å². The molecule has 1 aliphatic rings. The van der Waals surface area contributed by atoms with Crippen molar-refractivity contribution < 1.29 is 23.9 Å².